The molecule has 1 aliphatic heterocycles. The van der Waals surface area contributed by atoms with E-state index in [9.17, 15) is 9.59 Å². The standard InChI is InChI=1S/C16H22N2O6/c1-21-12-8-10(9-13(22-2)14(12)23-3)17-16(20)18-7-5-6-11(18)15(19)24-4/h8-9,11H,5-7H2,1-4H3,(H,17,20). The summed E-state index contributed by atoms with van der Waals surface area (Å²) in [5.74, 6) is 0.885. The average molecular weight is 338 g/mol. The van der Waals surface area contributed by atoms with Crippen molar-refractivity contribution in [1.29, 1.82) is 0 Å². The fraction of sp³-hybridized carbons (Fsp3) is 0.500. The minimum absolute atomic E-state index is 0.378. The summed E-state index contributed by atoms with van der Waals surface area (Å²) in [5, 5.41) is 2.76. The van der Waals surface area contributed by atoms with Crippen molar-refractivity contribution in [3.8, 4) is 17.2 Å². The minimum Gasteiger partial charge on any atom is -0.493 e. The van der Waals surface area contributed by atoms with E-state index in [0.717, 1.165) is 6.42 Å². The number of nitrogens with zero attached hydrogens (tertiary/aromatic N) is 1. The Morgan fingerprint density at radius 2 is 1.71 bits per heavy atom. The number of anilines is 1. The van der Waals surface area contributed by atoms with Crippen molar-refractivity contribution in [2.45, 2.75) is 18.9 Å². The van der Waals surface area contributed by atoms with Gasteiger partial charge >= 0.3 is 12.0 Å². The Morgan fingerprint density at radius 1 is 1.08 bits per heavy atom. The van der Waals surface area contributed by atoms with Gasteiger partial charge in [-0.2, -0.15) is 0 Å². The summed E-state index contributed by atoms with van der Waals surface area (Å²) in [5.41, 5.74) is 0.477. The van der Waals surface area contributed by atoms with E-state index in [2.05, 4.69) is 5.32 Å². The zero-order valence-corrected chi connectivity index (χ0v) is 14.3. The number of esters is 1. The number of methoxy groups -OCH3 is 4. The first-order valence-corrected chi connectivity index (χ1v) is 7.51. The molecule has 8 heteroatoms. The Kier molecular flexibility index (Phi) is 5.73. The number of likely N-dealkylation sites (tertiary alicyclic amines) is 1. The first-order valence-electron chi connectivity index (χ1n) is 7.51. The van der Waals surface area contributed by atoms with Crippen LogP contribution in [0.1, 0.15) is 12.8 Å². The van der Waals surface area contributed by atoms with Crippen molar-refractivity contribution in [1.82, 2.24) is 4.90 Å². The predicted molar refractivity (Wildman–Crippen MR) is 86.9 cm³/mol. The van der Waals surface area contributed by atoms with E-state index in [0.29, 0.717) is 35.9 Å². The van der Waals surface area contributed by atoms with Gasteiger partial charge in [0.2, 0.25) is 5.75 Å². The summed E-state index contributed by atoms with van der Waals surface area (Å²) < 4.78 is 20.5. The third kappa shape index (κ3) is 3.47. The fourth-order valence-corrected chi connectivity index (χ4v) is 2.74. The van der Waals surface area contributed by atoms with Crippen molar-refractivity contribution >= 4 is 17.7 Å². The molecule has 1 aliphatic rings. The summed E-state index contributed by atoms with van der Waals surface area (Å²) >= 11 is 0. The summed E-state index contributed by atoms with van der Waals surface area (Å²) in [7, 11) is 5.81. The molecule has 1 fully saturated rings. The van der Waals surface area contributed by atoms with Crippen LogP contribution in [-0.2, 0) is 9.53 Å². The molecule has 0 aliphatic carbocycles. The number of hydrogen-bond donors (Lipinski definition) is 1. The average Bonchev–Trinajstić information content (AvgIpc) is 3.09. The number of carbonyl (C=O) groups is 2. The Bertz CT molecular complexity index is 594. The van der Waals surface area contributed by atoms with Gasteiger partial charge < -0.3 is 29.2 Å². The normalized spacial score (nSPS) is 16.5. The summed E-state index contributed by atoms with van der Waals surface area (Å²) in [4.78, 5) is 25.7. The van der Waals surface area contributed by atoms with Gasteiger partial charge in [0, 0.05) is 18.7 Å². The smallest absolute Gasteiger partial charge is 0.328 e. The van der Waals surface area contributed by atoms with E-state index in [1.165, 1.54) is 33.3 Å². The second-order valence-corrected chi connectivity index (χ2v) is 5.22. The Hall–Kier alpha value is -2.64. The van der Waals surface area contributed by atoms with E-state index in [1.807, 2.05) is 0 Å². The van der Waals surface area contributed by atoms with Gasteiger partial charge in [-0.15, -0.1) is 0 Å². The molecular formula is C16H22N2O6. The van der Waals surface area contributed by atoms with E-state index < -0.39 is 12.0 Å². The van der Waals surface area contributed by atoms with Crippen LogP contribution in [0.4, 0.5) is 10.5 Å². The lowest BCUT2D eigenvalue weighted by atomic mass is 10.2. The van der Waals surface area contributed by atoms with Gasteiger partial charge in [0.25, 0.3) is 0 Å². The lowest BCUT2D eigenvalue weighted by Gasteiger charge is -2.23. The van der Waals surface area contributed by atoms with E-state index >= 15 is 0 Å². The van der Waals surface area contributed by atoms with Gasteiger partial charge in [-0.25, -0.2) is 9.59 Å². The highest BCUT2D eigenvalue weighted by Crippen LogP contribution is 2.40. The molecule has 1 atom stereocenters. The van der Waals surface area contributed by atoms with Crippen LogP contribution in [0.2, 0.25) is 0 Å². The summed E-state index contributed by atoms with van der Waals surface area (Å²) in [6.45, 7) is 0.496. The van der Waals surface area contributed by atoms with Crippen molar-refractivity contribution in [3.05, 3.63) is 12.1 Å². The highest BCUT2D eigenvalue weighted by Gasteiger charge is 2.35. The van der Waals surface area contributed by atoms with E-state index in [-0.39, 0.29) is 6.03 Å². The highest BCUT2D eigenvalue weighted by atomic mass is 16.5. The molecule has 2 amide bonds. The maximum atomic E-state index is 12.5. The van der Waals surface area contributed by atoms with Crippen LogP contribution in [0.15, 0.2) is 12.1 Å². The van der Waals surface area contributed by atoms with Crippen molar-refractivity contribution in [2.24, 2.45) is 0 Å². The van der Waals surface area contributed by atoms with Gasteiger partial charge in [0.15, 0.2) is 11.5 Å². The Labute approximate surface area is 140 Å². The summed E-state index contributed by atoms with van der Waals surface area (Å²) in [6.07, 6.45) is 1.35. The molecule has 0 saturated carbocycles. The molecule has 2 rings (SSSR count). The number of ether oxygens (including phenoxy) is 4. The molecule has 0 radical (unpaired) electrons. The molecule has 1 unspecified atom stereocenters. The molecule has 0 bridgehead atoms. The molecule has 1 saturated heterocycles. The second kappa shape index (κ2) is 7.76. The predicted octanol–water partition coefficient (Wildman–Crippen LogP) is 1.88. The van der Waals surface area contributed by atoms with Crippen molar-refractivity contribution in [3.63, 3.8) is 0 Å². The van der Waals surface area contributed by atoms with Crippen LogP contribution in [-0.4, -0.2) is 57.9 Å². The van der Waals surface area contributed by atoms with Crippen LogP contribution in [0.5, 0.6) is 17.2 Å². The maximum absolute atomic E-state index is 12.5. The molecule has 0 aromatic heterocycles. The van der Waals surface area contributed by atoms with Crippen LogP contribution in [0.3, 0.4) is 0 Å². The number of urea groups is 1. The first-order chi connectivity index (χ1) is 11.5. The third-order valence-electron chi connectivity index (χ3n) is 3.90. The molecule has 1 heterocycles. The van der Waals surface area contributed by atoms with E-state index in [1.54, 1.807) is 12.1 Å². The molecule has 0 spiro atoms. The van der Waals surface area contributed by atoms with Crippen LogP contribution in [0, 0.1) is 0 Å². The van der Waals surface area contributed by atoms with Crippen molar-refractivity contribution < 1.29 is 28.5 Å². The van der Waals surface area contributed by atoms with Gasteiger partial charge in [-0.1, -0.05) is 0 Å². The van der Waals surface area contributed by atoms with Gasteiger partial charge in [-0.3, -0.25) is 0 Å². The Morgan fingerprint density at radius 3 is 2.21 bits per heavy atom. The zero-order chi connectivity index (χ0) is 17.7. The molecule has 1 aromatic carbocycles. The monoisotopic (exact) mass is 338 g/mol. The van der Waals surface area contributed by atoms with Crippen LogP contribution < -0.4 is 19.5 Å². The van der Waals surface area contributed by atoms with Gasteiger partial charge in [0.05, 0.1) is 34.1 Å². The number of amides is 2. The van der Waals surface area contributed by atoms with Crippen LogP contribution in [0.25, 0.3) is 0 Å². The lowest BCUT2D eigenvalue weighted by molar-refractivity contribution is -0.144. The number of rotatable bonds is 5. The van der Waals surface area contributed by atoms with Gasteiger partial charge in [0.1, 0.15) is 6.04 Å². The van der Waals surface area contributed by atoms with Gasteiger partial charge in [-0.05, 0) is 12.8 Å². The molecule has 1 aromatic rings. The van der Waals surface area contributed by atoms with E-state index in [4.69, 9.17) is 18.9 Å². The molecule has 1 N–H and O–H groups in total. The lowest BCUT2D eigenvalue weighted by Crippen LogP contribution is -2.43. The number of hydrogen-bond acceptors (Lipinski definition) is 6. The summed E-state index contributed by atoms with van der Waals surface area (Å²) in [6, 6.07) is 2.32. The Balaban J connectivity index is 2.21. The number of benzene rings is 1. The highest BCUT2D eigenvalue weighted by molar-refractivity contribution is 5.93. The minimum atomic E-state index is -0.558. The SMILES string of the molecule is COC(=O)C1CCCN1C(=O)Nc1cc(OC)c(OC)c(OC)c1. The molecule has 8 nitrogen and oxygen atoms in total. The molecule has 24 heavy (non-hydrogen) atoms. The molecular weight excluding hydrogens is 316 g/mol. The second-order valence-electron chi connectivity index (χ2n) is 5.22. The number of carbonyl (C=O) groups excluding carboxylic acids is 2. The zero-order valence-electron chi connectivity index (χ0n) is 14.3. The maximum Gasteiger partial charge on any atom is 0.328 e. The van der Waals surface area contributed by atoms with Crippen molar-refractivity contribution in [2.75, 3.05) is 40.3 Å². The number of nitrogens with one attached hydrogen (secondary N) is 1. The fourth-order valence-electron chi connectivity index (χ4n) is 2.74. The topological polar surface area (TPSA) is 86.3 Å². The third-order valence-corrected chi connectivity index (χ3v) is 3.90. The molecule has 132 valence electrons. The largest absolute Gasteiger partial charge is 0.493 e. The first kappa shape index (κ1) is 17.7. The van der Waals surface area contributed by atoms with Crippen LogP contribution >= 0.6 is 0 Å². The quantitative estimate of drug-likeness (QED) is 0.825.